The van der Waals surface area contributed by atoms with E-state index >= 15 is 0 Å². The van der Waals surface area contributed by atoms with E-state index in [9.17, 15) is 19.7 Å². The summed E-state index contributed by atoms with van der Waals surface area (Å²) in [6.45, 7) is 1.14. The number of carbonyl (C=O) groups excluding carboxylic acids is 2. The number of nitro benzene ring substituents is 1. The average Bonchev–Trinajstić information content (AvgIpc) is 2.93. The molecule has 1 heterocycles. The molecule has 1 saturated heterocycles. The molecule has 0 radical (unpaired) electrons. The van der Waals surface area contributed by atoms with Crippen LogP contribution < -0.4 is 14.8 Å². The number of nitrogens with zero attached hydrogens (tertiary/aromatic N) is 2. The van der Waals surface area contributed by atoms with Crippen LogP contribution in [-0.4, -0.2) is 48.9 Å². The van der Waals surface area contributed by atoms with Crippen LogP contribution in [0.25, 0.3) is 0 Å². The number of amides is 2. The lowest BCUT2D eigenvalue weighted by Crippen LogP contribution is -2.37. The molecular formula is C28H28ClN3O6. The SMILES string of the molecule is COc1ccc(Cl)cc1CC(=O)Nc1ccc(C2CCN(C(=O)c3ccc([N+](=O)[O-])c(OC)c3)CC2)cc1. The number of hydrogen-bond donors (Lipinski definition) is 1. The van der Waals surface area contributed by atoms with Gasteiger partial charge in [-0.15, -0.1) is 0 Å². The highest BCUT2D eigenvalue weighted by Gasteiger charge is 2.26. The molecule has 3 aromatic rings. The van der Waals surface area contributed by atoms with E-state index in [2.05, 4.69) is 5.32 Å². The molecule has 38 heavy (non-hydrogen) atoms. The first-order valence-electron chi connectivity index (χ1n) is 12.1. The Morgan fingerprint density at radius 3 is 2.32 bits per heavy atom. The number of benzene rings is 3. The van der Waals surface area contributed by atoms with Crippen LogP contribution >= 0.6 is 11.6 Å². The van der Waals surface area contributed by atoms with Gasteiger partial charge in [0, 0.05) is 47.1 Å². The van der Waals surface area contributed by atoms with Crippen LogP contribution in [0.2, 0.25) is 5.02 Å². The van der Waals surface area contributed by atoms with Crippen LogP contribution in [0.3, 0.4) is 0 Å². The zero-order valence-electron chi connectivity index (χ0n) is 21.1. The molecule has 0 unspecified atom stereocenters. The number of hydrogen-bond acceptors (Lipinski definition) is 6. The van der Waals surface area contributed by atoms with Crippen LogP contribution in [0.4, 0.5) is 11.4 Å². The first-order chi connectivity index (χ1) is 18.3. The van der Waals surface area contributed by atoms with Crippen molar-refractivity contribution in [2.45, 2.75) is 25.2 Å². The van der Waals surface area contributed by atoms with Gasteiger partial charge in [-0.1, -0.05) is 23.7 Å². The van der Waals surface area contributed by atoms with Crippen molar-refractivity contribution in [1.29, 1.82) is 0 Å². The number of ether oxygens (including phenoxy) is 2. The van der Waals surface area contributed by atoms with Crippen LogP contribution in [0.5, 0.6) is 11.5 Å². The summed E-state index contributed by atoms with van der Waals surface area (Å²) in [6, 6.07) is 17.1. The van der Waals surface area contributed by atoms with Crippen LogP contribution in [0.15, 0.2) is 60.7 Å². The number of piperidine rings is 1. The predicted octanol–water partition coefficient (Wildman–Crippen LogP) is 5.47. The molecule has 0 aromatic heterocycles. The predicted molar refractivity (Wildman–Crippen MR) is 144 cm³/mol. The Kier molecular flexibility index (Phi) is 8.48. The molecule has 198 valence electrons. The van der Waals surface area contributed by atoms with Gasteiger partial charge in [-0.05, 0) is 60.7 Å². The maximum atomic E-state index is 13.0. The molecule has 0 atom stereocenters. The van der Waals surface area contributed by atoms with Crippen molar-refractivity contribution in [3.8, 4) is 11.5 Å². The van der Waals surface area contributed by atoms with E-state index in [0.717, 1.165) is 18.4 Å². The lowest BCUT2D eigenvalue weighted by atomic mass is 9.89. The van der Waals surface area contributed by atoms with E-state index in [1.165, 1.54) is 25.3 Å². The van der Waals surface area contributed by atoms with Crippen LogP contribution in [0, 0.1) is 10.1 Å². The smallest absolute Gasteiger partial charge is 0.310 e. The molecule has 1 fully saturated rings. The number of likely N-dealkylation sites (tertiary alicyclic amines) is 1. The molecule has 1 N–H and O–H groups in total. The topological polar surface area (TPSA) is 111 Å². The normalized spacial score (nSPS) is 13.6. The third-order valence-electron chi connectivity index (χ3n) is 6.66. The van der Waals surface area contributed by atoms with Crippen molar-refractivity contribution >= 4 is 34.8 Å². The third kappa shape index (κ3) is 6.23. The largest absolute Gasteiger partial charge is 0.496 e. The first-order valence-corrected chi connectivity index (χ1v) is 12.5. The highest BCUT2D eigenvalue weighted by Crippen LogP contribution is 2.32. The second-order valence-corrected chi connectivity index (χ2v) is 9.45. The van der Waals surface area contributed by atoms with Crippen LogP contribution in [0.1, 0.15) is 40.2 Å². The first kappa shape index (κ1) is 26.9. The van der Waals surface area contributed by atoms with E-state index in [1.807, 2.05) is 24.3 Å². The maximum Gasteiger partial charge on any atom is 0.310 e. The zero-order valence-corrected chi connectivity index (χ0v) is 21.9. The van der Waals surface area contributed by atoms with E-state index in [1.54, 1.807) is 30.2 Å². The fourth-order valence-corrected chi connectivity index (χ4v) is 4.86. The zero-order chi connectivity index (χ0) is 27.2. The summed E-state index contributed by atoms with van der Waals surface area (Å²) >= 11 is 6.06. The molecule has 10 heteroatoms. The standard InChI is InChI=1S/C28H28ClN3O6/c1-37-25-10-6-22(29)15-21(25)17-27(33)30-23-7-3-18(4-8-23)19-11-13-31(14-12-19)28(34)20-5-9-24(32(35)36)26(16-20)38-2/h3-10,15-16,19H,11-14,17H2,1-2H3,(H,30,33). The quantitative estimate of drug-likeness (QED) is 0.301. The number of nitrogens with one attached hydrogen (secondary N) is 1. The van der Waals surface area contributed by atoms with Crippen molar-refractivity contribution in [1.82, 2.24) is 4.90 Å². The molecule has 3 aromatic carbocycles. The summed E-state index contributed by atoms with van der Waals surface area (Å²) in [5.41, 5.74) is 2.73. The lowest BCUT2D eigenvalue weighted by molar-refractivity contribution is -0.385. The van der Waals surface area contributed by atoms with E-state index < -0.39 is 4.92 Å². The van der Waals surface area contributed by atoms with Gasteiger partial charge in [0.2, 0.25) is 5.91 Å². The second kappa shape index (κ2) is 12.0. The number of carbonyl (C=O) groups is 2. The Morgan fingerprint density at radius 2 is 1.68 bits per heavy atom. The average molecular weight is 538 g/mol. The summed E-state index contributed by atoms with van der Waals surface area (Å²) in [4.78, 5) is 37.9. The monoisotopic (exact) mass is 537 g/mol. The second-order valence-electron chi connectivity index (χ2n) is 9.01. The van der Waals surface area contributed by atoms with E-state index in [-0.39, 0.29) is 35.6 Å². The van der Waals surface area contributed by atoms with Crippen LogP contribution in [-0.2, 0) is 11.2 Å². The van der Waals surface area contributed by atoms with Gasteiger partial charge in [0.05, 0.1) is 25.6 Å². The van der Waals surface area contributed by atoms with Gasteiger partial charge in [0.1, 0.15) is 5.75 Å². The molecule has 1 aliphatic rings. The van der Waals surface area contributed by atoms with Crippen molar-refractivity contribution in [2.24, 2.45) is 0 Å². The Balaban J connectivity index is 1.32. The Hall–Kier alpha value is -4.11. The molecule has 2 amide bonds. The van der Waals surface area contributed by atoms with Gasteiger partial charge in [-0.2, -0.15) is 0 Å². The molecular weight excluding hydrogens is 510 g/mol. The summed E-state index contributed by atoms with van der Waals surface area (Å²) in [5, 5.41) is 14.6. The van der Waals surface area contributed by atoms with Gasteiger partial charge < -0.3 is 19.7 Å². The Labute approximate surface area is 225 Å². The Morgan fingerprint density at radius 1 is 1.00 bits per heavy atom. The fourth-order valence-electron chi connectivity index (χ4n) is 4.66. The Bertz CT molecular complexity index is 1340. The van der Waals surface area contributed by atoms with E-state index in [4.69, 9.17) is 21.1 Å². The molecule has 4 rings (SSSR count). The minimum atomic E-state index is -0.536. The summed E-state index contributed by atoms with van der Waals surface area (Å²) in [6.07, 6.45) is 1.71. The molecule has 1 aliphatic heterocycles. The number of rotatable bonds is 8. The lowest BCUT2D eigenvalue weighted by Gasteiger charge is -2.32. The number of nitro groups is 1. The molecule has 0 bridgehead atoms. The fraction of sp³-hybridized carbons (Fsp3) is 0.286. The van der Waals surface area contributed by atoms with Gasteiger partial charge in [-0.25, -0.2) is 0 Å². The van der Waals surface area contributed by atoms with Gasteiger partial charge in [-0.3, -0.25) is 19.7 Å². The van der Waals surface area contributed by atoms with Gasteiger partial charge in [0.25, 0.3) is 5.91 Å². The number of anilines is 1. The summed E-state index contributed by atoms with van der Waals surface area (Å²) < 4.78 is 10.4. The van der Waals surface area contributed by atoms with Crippen molar-refractivity contribution in [2.75, 3.05) is 32.6 Å². The van der Waals surface area contributed by atoms with Gasteiger partial charge >= 0.3 is 5.69 Å². The molecule has 0 aliphatic carbocycles. The number of halogens is 1. The van der Waals surface area contributed by atoms with Crippen molar-refractivity contribution in [3.05, 3.63) is 92.5 Å². The van der Waals surface area contributed by atoms with E-state index in [0.29, 0.717) is 40.7 Å². The maximum absolute atomic E-state index is 13.0. The van der Waals surface area contributed by atoms with Crippen molar-refractivity contribution < 1.29 is 24.0 Å². The highest BCUT2D eigenvalue weighted by molar-refractivity contribution is 6.30. The molecule has 0 spiro atoms. The highest BCUT2D eigenvalue weighted by atomic mass is 35.5. The minimum Gasteiger partial charge on any atom is -0.496 e. The minimum absolute atomic E-state index is 0.0645. The van der Waals surface area contributed by atoms with Crippen molar-refractivity contribution in [3.63, 3.8) is 0 Å². The third-order valence-corrected chi connectivity index (χ3v) is 6.90. The number of methoxy groups -OCH3 is 2. The summed E-state index contributed by atoms with van der Waals surface area (Å²) in [7, 11) is 2.89. The molecule has 9 nitrogen and oxygen atoms in total. The van der Waals surface area contributed by atoms with Gasteiger partial charge in [0.15, 0.2) is 5.75 Å². The molecule has 0 saturated carbocycles. The summed E-state index contributed by atoms with van der Waals surface area (Å²) in [5.74, 6) is 0.608.